The van der Waals surface area contributed by atoms with Gasteiger partial charge in [0.25, 0.3) is 0 Å². The third-order valence-corrected chi connectivity index (χ3v) is 6.86. The van der Waals surface area contributed by atoms with Crippen LogP contribution in [0.2, 0.25) is 0 Å². The van der Waals surface area contributed by atoms with E-state index < -0.39 is 0 Å². The molecule has 3 aromatic carbocycles. The van der Waals surface area contributed by atoms with Crippen LogP contribution in [0.3, 0.4) is 0 Å². The third-order valence-electron chi connectivity index (χ3n) is 6.86. The zero-order chi connectivity index (χ0) is 20.0. The normalized spacial score (nSPS) is 20.0. The van der Waals surface area contributed by atoms with E-state index in [9.17, 15) is 4.79 Å². The molecule has 5 rings (SSSR count). The SMILES string of the molecule is CC1CC(=O)C(CCc2ccccc2)c2c1ccc1c2CCc2c(N)cccc2-1. The molecular formula is C27H27NO. The Kier molecular flexibility index (Phi) is 4.50. The van der Waals surface area contributed by atoms with E-state index in [2.05, 4.69) is 49.4 Å². The second-order valence-corrected chi connectivity index (χ2v) is 8.62. The summed E-state index contributed by atoms with van der Waals surface area (Å²) in [6.07, 6.45) is 4.43. The van der Waals surface area contributed by atoms with E-state index in [1.54, 1.807) is 0 Å². The Morgan fingerprint density at radius 3 is 2.48 bits per heavy atom. The number of carbonyl (C=O) groups excluding carboxylic acids is 1. The molecule has 0 spiro atoms. The molecule has 2 atom stereocenters. The van der Waals surface area contributed by atoms with Gasteiger partial charge in [-0.05, 0) is 76.6 Å². The summed E-state index contributed by atoms with van der Waals surface area (Å²) in [6.45, 7) is 2.20. The van der Waals surface area contributed by atoms with E-state index in [0.717, 1.165) is 31.4 Å². The Hall–Kier alpha value is -2.87. The maximum atomic E-state index is 13.2. The largest absolute Gasteiger partial charge is 0.398 e. The first kappa shape index (κ1) is 18.2. The lowest BCUT2D eigenvalue weighted by Gasteiger charge is -2.34. The van der Waals surface area contributed by atoms with E-state index >= 15 is 0 Å². The molecule has 2 unspecified atom stereocenters. The minimum atomic E-state index is 0.0129. The van der Waals surface area contributed by atoms with Gasteiger partial charge in [-0.2, -0.15) is 0 Å². The van der Waals surface area contributed by atoms with Crippen molar-refractivity contribution in [3.8, 4) is 11.1 Å². The topological polar surface area (TPSA) is 43.1 Å². The first-order valence-electron chi connectivity index (χ1n) is 10.7. The molecule has 2 nitrogen and oxygen atoms in total. The summed E-state index contributed by atoms with van der Waals surface area (Å²) in [5, 5.41) is 0. The number of anilines is 1. The monoisotopic (exact) mass is 381 g/mol. The van der Waals surface area contributed by atoms with Crippen molar-refractivity contribution in [1.29, 1.82) is 0 Å². The van der Waals surface area contributed by atoms with Crippen molar-refractivity contribution in [2.24, 2.45) is 0 Å². The van der Waals surface area contributed by atoms with Gasteiger partial charge in [0.2, 0.25) is 0 Å². The molecule has 0 fully saturated rings. The van der Waals surface area contributed by atoms with Gasteiger partial charge in [-0.3, -0.25) is 4.79 Å². The molecule has 3 aromatic rings. The highest BCUT2D eigenvalue weighted by atomic mass is 16.1. The highest BCUT2D eigenvalue weighted by Gasteiger charge is 2.35. The van der Waals surface area contributed by atoms with Crippen LogP contribution < -0.4 is 5.73 Å². The van der Waals surface area contributed by atoms with Crippen LogP contribution in [-0.4, -0.2) is 5.78 Å². The summed E-state index contributed by atoms with van der Waals surface area (Å²) in [5.74, 6) is 0.727. The smallest absolute Gasteiger partial charge is 0.140 e. The van der Waals surface area contributed by atoms with Crippen LogP contribution in [0.1, 0.15) is 59.4 Å². The van der Waals surface area contributed by atoms with Gasteiger partial charge < -0.3 is 5.73 Å². The number of fused-ring (bicyclic) bond motifs is 5. The number of carbonyl (C=O) groups is 1. The average molecular weight is 382 g/mol. The minimum Gasteiger partial charge on any atom is -0.398 e. The fraction of sp³-hybridized carbons (Fsp3) is 0.296. The number of benzene rings is 3. The summed E-state index contributed by atoms with van der Waals surface area (Å²) in [6, 6.07) is 21.3. The van der Waals surface area contributed by atoms with Gasteiger partial charge in [-0.25, -0.2) is 0 Å². The lowest BCUT2D eigenvalue weighted by Crippen LogP contribution is -2.26. The van der Waals surface area contributed by atoms with Gasteiger partial charge in [0, 0.05) is 18.0 Å². The van der Waals surface area contributed by atoms with Crippen LogP contribution >= 0.6 is 0 Å². The number of hydrogen-bond donors (Lipinski definition) is 1. The number of Topliss-reactive ketones (excluding diaryl/α,β-unsaturated/α-hetero) is 1. The van der Waals surface area contributed by atoms with Crippen molar-refractivity contribution in [1.82, 2.24) is 0 Å². The van der Waals surface area contributed by atoms with E-state index in [0.29, 0.717) is 18.1 Å². The van der Waals surface area contributed by atoms with Crippen LogP contribution in [0.5, 0.6) is 0 Å². The first-order chi connectivity index (χ1) is 14.1. The van der Waals surface area contributed by atoms with Gasteiger partial charge in [0.1, 0.15) is 5.78 Å². The Bertz CT molecular complexity index is 1080. The molecule has 0 bridgehead atoms. The summed E-state index contributed by atoms with van der Waals surface area (Å²) in [4.78, 5) is 13.2. The van der Waals surface area contributed by atoms with Gasteiger partial charge in [-0.1, -0.05) is 61.5 Å². The van der Waals surface area contributed by atoms with Crippen molar-refractivity contribution in [3.63, 3.8) is 0 Å². The van der Waals surface area contributed by atoms with Crippen LogP contribution in [0.25, 0.3) is 11.1 Å². The first-order valence-corrected chi connectivity index (χ1v) is 10.7. The molecule has 0 saturated heterocycles. The summed E-state index contributed by atoms with van der Waals surface area (Å²) in [5.41, 5.74) is 16.4. The molecular weight excluding hydrogens is 354 g/mol. The van der Waals surface area contributed by atoms with Crippen molar-refractivity contribution >= 4 is 11.5 Å². The quantitative estimate of drug-likeness (QED) is 0.580. The summed E-state index contributed by atoms with van der Waals surface area (Å²) in [7, 11) is 0. The van der Waals surface area contributed by atoms with Crippen molar-refractivity contribution in [2.75, 3.05) is 5.73 Å². The van der Waals surface area contributed by atoms with Crippen LogP contribution in [0.15, 0.2) is 60.7 Å². The highest BCUT2D eigenvalue weighted by molar-refractivity contribution is 5.91. The Labute approximate surface area is 172 Å². The molecule has 0 aromatic heterocycles. The molecule has 0 saturated carbocycles. The number of rotatable bonds is 3. The fourth-order valence-electron chi connectivity index (χ4n) is 5.41. The Morgan fingerprint density at radius 1 is 0.897 bits per heavy atom. The van der Waals surface area contributed by atoms with Gasteiger partial charge in [0.15, 0.2) is 0 Å². The molecule has 29 heavy (non-hydrogen) atoms. The number of nitrogens with two attached hydrogens (primary N) is 1. The van der Waals surface area contributed by atoms with Crippen molar-refractivity contribution in [3.05, 3.63) is 88.5 Å². The molecule has 2 aliphatic carbocycles. The molecule has 146 valence electrons. The van der Waals surface area contributed by atoms with E-state index in [-0.39, 0.29) is 5.92 Å². The van der Waals surface area contributed by atoms with E-state index in [4.69, 9.17) is 5.73 Å². The van der Waals surface area contributed by atoms with E-state index in [1.807, 2.05) is 18.2 Å². The second kappa shape index (κ2) is 7.18. The van der Waals surface area contributed by atoms with Gasteiger partial charge in [-0.15, -0.1) is 0 Å². The molecule has 0 radical (unpaired) electrons. The maximum Gasteiger partial charge on any atom is 0.140 e. The van der Waals surface area contributed by atoms with Crippen molar-refractivity contribution in [2.45, 2.75) is 50.9 Å². The molecule has 2 N–H and O–H groups in total. The Balaban J connectivity index is 1.60. The lowest BCUT2D eigenvalue weighted by molar-refractivity contribution is -0.121. The molecule has 0 amide bonds. The average Bonchev–Trinajstić information content (AvgIpc) is 2.74. The van der Waals surface area contributed by atoms with Crippen LogP contribution in [-0.2, 0) is 24.1 Å². The molecule has 2 aliphatic rings. The van der Waals surface area contributed by atoms with Gasteiger partial charge in [0.05, 0.1) is 0 Å². The maximum absolute atomic E-state index is 13.2. The minimum absolute atomic E-state index is 0.0129. The zero-order valence-corrected chi connectivity index (χ0v) is 16.9. The molecule has 0 aliphatic heterocycles. The number of hydrogen-bond acceptors (Lipinski definition) is 2. The molecule has 0 heterocycles. The lowest BCUT2D eigenvalue weighted by atomic mass is 9.69. The predicted molar refractivity (Wildman–Crippen MR) is 119 cm³/mol. The Morgan fingerprint density at radius 2 is 1.66 bits per heavy atom. The summed E-state index contributed by atoms with van der Waals surface area (Å²) >= 11 is 0. The fourth-order valence-corrected chi connectivity index (χ4v) is 5.41. The number of aryl methyl sites for hydroxylation is 1. The van der Waals surface area contributed by atoms with Crippen LogP contribution in [0.4, 0.5) is 5.69 Å². The molecule has 2 heteroatoms. The third kappa shape index (κ3) is 3.07. The standard InChI is InChI=1S/C27H27NO/c1-17-16-26(29)24(11-10-18-6-3-2-4-7-18)27-19(17)12-13-21-20-8-5-9-25(28)22(20)14-15-23(21)27/h2-9,12-13,17,24H,10-11,14-16,28H2,1H3. The zero-order valence-electron chi connectivity index (χ0n) is 16.9. The van der Waals surface area contributed by atoms with Crippen molar-refractivity contribution < 1.29 is 4.79 Å². The van der Waals surface area contributed by atoms with Crippen LogP contribution in [0, 0.1) is 0 Å². The highest BCUT2D eigenvalue weighted by Crippen LogP contribution is 2.46. The second-order valence-electron chi connectivity index (χ2n) is 8.62. The number of ketones is 1. The predicted octanol–water partition coefficient (Wildman–Crippen LogP) is 5.83. The van der Waals surface area contributed by atoms with E-state index in [1.165, 1.54) is 38.9 Å². The summed E-state index contributed by atoms with van der Waals surface area (Å²) < 4.78 is 0. The van der Waals surface area contributed by atoms with Gasteiger partial charge >= 0.3 is 0 Å². The number of nitrogen functional groups attached to an aromatic ring is 1.